The van der Waals surface area contributed by atoms with Gasteiger partial charge in [0, 0.05) is 37.1 Å². The zero-order valence-electron chi connectivity index (χ0n) is 10.9. The molecule has 0 radical (unpaired) electrons. The smallest absolute Gasteiger partial charge is 0.255 e. The first-order valence-electron chi connectivity index (χ1n) is 5.79. The summed E-state index contributed by atoms with van der Waals surface area (Å²) in [5.41, 5.74) is 7.60. The van der Waals surface area contributed by atoms with E-state index in [4.69, 9.17) is 10.5 Å². The molecule has 0 aliphatic heterocycles. The van der Waals surface area contributed by atoms with Gasteiger partial charge in [-0.2, -0.15) is 5.10 Å². The molecule has 1 amide bonds. The maximum absolute atomic E-state index is 12.1. The van der Waals surface area contributed by atoms with E-state index in [1.807, 2.05) is 13.2 Å². The van der Waals surface area contributed by atoms with Crippen LogP contribution in [-0.4, -0.2) is 22.8 Å². The van der Waals surface area contributed by atoms with E-state index in [0.717, 1.165) is 5.56 Å². The number of nitrogen functional groups attached to an aromatic ring is 1. The van der Waals surface area contributed by atoms with Crippen molar-refractivity contribution in [3.63, 3.8) is 0 Å². The Morgan fingerprint density at radius 1 is 1.53 bits per heavy atom. The van der Waals surface area contributed by atoms with Crippen LogP contribution in [0.15, 0.2) is 30.6 Å². The monoisotopic (exact) mass is 260 g/mol. The summed E-state index contributed by atoms with van der Waals surface area (Å²) in [5.74, 6) is 0.254. The Labute approximate surface area is 111 Å². The second-order valence-electron chi connectivity index (χ2n) is 4.16. The van der Waals surface area contributed by atoms with E-state index in [2.05, 4.69) is 10.4 Å². The Hall–Kier alpha value is -2.50. The first-order valence-corrected chi connectivity index (χ1v) is 5.79. The first-order chi connectivity index (χ1) is 9.10. The fourth-order valence-electron chi connectivity index (χ4n) is 1.74. The molecule has 0 fully saturated rings. The molecule has 0 unspecified atom stereocenters. The second kappa shape index (κ2) is 5.43. The van der Waals surface area contributed by atoms with Crippen molar-refractivity contribution in [1.29, 1.82) is 0 Å². The lowest BCUT2D eigenvalue weighted by Gasteiger charge is -2.09. The molecule has 19 heavy (non-hydrogen) atoms. The average Bonchev–Trinajstić information content (AvgIpc) is 2.81. The van der Waals surface area contributed by atoms with Crippen LogP contribution in [0.4, 0.5) is 5.69 Å². The molecule has 6 nitrogen and oxygen atoms in total. The predicted molar refractivity (Wildman–Crippen MR) is 71.8 cm³/mol. The van der Waals surface area contributed by atoms with Gasteiger partial charge in [0.05, 0.1) is 18.9 Å². The number of anilines is 1. The molecule has 2 rings (SSSR count). The van der Waals surface area contributed by atoms with E-state index in [-0.39, 0.29) is 5.91 Å². The summed E-state index contributed by atoms with van der Waals surface area (Å²) in [4.78, 5) is 12.1. The minimum atomic E-state index is -0.208. The summed E-state index contributed by atoms with van der Waals surface area (Å²) in [5, 5.41) is 6.85. The van der Waals surface area contributed by atoms with Crippen LogP contribution < -0.4 is 15.8 Å². The summed E-state index contributed by atoms with van der Waals surface area (Å²) >= 11 is 0. The summed E-state index contributed by atoms with van der Waals surface area (Å²) in [6, 6.07) is 4.94. The fraction of sp³-hybridized carbons (Fsp3) is 0.231. The second-order valence-corrected chi connectivity index (χ2v) is 4.16. The van der Waals surface area contributed by atoms with E-state index < -0.39 is 0 Å². The van der Waals surface area contributed by atoms with Gasteiger partial charge in [-0.05, 0) is 12.1 Å². The highest BCUT2D eigenvalue weighted by molar-refractivity contribution is 5.97. The molecule has 0 saturated heterocycles. The van der Waals surface area contributed by atoms with E-state index in [1.54, 1.807) is 29.1 Å². The largest absolute Gasteiger partial charge is 0.496 e. The van der Waals surface area contributed by atoms with Crippen LogP contribution in [0.5, 0.6) is 5.75 Å². The molecule has 6 heteroatoms. The fourth-order valence-corrected chi connectivity index (χ4v) is 1.74. The quantitative estimate of drug-likeness (QED) is 0.801. The number of nitrogens with zero attached hydrogens (tertiary/aromatic N) is 2. The van der Waals surface area contributed by atoms with E-state index in [1.165, 1.54) is 7.11 Å². The summed E-state index contributed by atoms with van der Waals surface area (Å²) in [7, 11) is 3.33. The van der Waals surface area contributed by atoms with Crippen molar-refractivity contribution < 1.29 is 9.53 Å². The molecule has 100 valence electrons. The lowest BCUT2D eigenvalue weighted by Crippen LogP contribution is -2.23. The van der Waals surface area contributed by atoms with Crippen LogP contribution >= 0.6 is 0 Å². The van der Waals surface area contributed by atoms with Gasteiger partial charge in [0.15, 0.2) is 0 Å². The molecule has 3 N–H and O–H groups in total. The van der Waals surface area contributed by atoms with Gasteiger partial charge in [-0.1, -0.05) is 0 Å². The van der Waals surface area contributed by atoms with Gasteiger partial charge in [0.2, 0.25) is 0 Å². The van der Waals surface area contributed by atoms with Crippen LogP contribution in [0, 0.1) is 0 Å². The average molecular weight is 260 g/mol. The molecular weight excluding hydrogens is 244 g/mol. The topological polar surface area (TPSA) is 82.2 Å². The number of amides is 1. The highest BCUT2D eigenvalue weighted by atomic mass is 16.5. The predicted octanol–water partition coefficient (Wildman–Crippen LogP) is 0.941. The van der Waals surface area contributed by atoms with Crippen molar-refractivity contribution in [3.05, 3.63) is 41.7 Å². The number of aryl methyl sites for hydroxylation is 1. The van der Waals surface area contributed by atoms with Crippen LogP contribution in [0.3, 0.4) is 0 Å². The number of methoxy groups -OCH3 is 1. The number of nitrogens with two attached hydrogens (primary N) is 1. The highest BCUT2D eigenvalue weighted by Crippen LogP contribution is 2.21. The Kier molecular flexibility index (Phi) is 3.70. The van der Waals surface area contributed by atoms with E-state index >= 15 is 0 Å². The van der Waals surface area contributed by atoms with E-state index in [0.29, 0.717) is 23.5 Å². The van der Waals surface area contributed by atoms with Crippen LogP contribution in [-0.2, 0) is 13.6 Å². The number of hydrogen-bond donors (Lipinski definition) is 2. The highest BCUT2D eigenvalue weighted by Gasteiger charge is 2.12. The van der Waals surface area contributed by atoms with Crippen molar-refractivity contribution in [3.8, 4) is 5.75 Å². The number of hydrogen-bond acceptors (Lipinski definition) is 4. The molecular formula is C13H16N4O2. The first kappa shape index (κ1) is 12.9. The normalized spacial score (nSPS) is 10.2. The zero-order chi connectivity index (χ0) is 13.8. The molecule has 0 spiro atoms. The zero-order valence-corrected chi connectivity index (χ0v) is 10.9. The van der Waals surface area contributed by atoms with Gasteiger partial charge < -0.3 is 15.8 Å². The van der Waals surface area contributed by atoms with E-state index in [9.17, 15) is 4.79 Å². The molecule has 1 aromatic heterocycles. The SMILES string of the molecule is COc1cc(N)ccc1C(=O)NCc1cnn(C)c1. The van der Waals surface area contributed by atoms with Gasteiger partial charge in [-0.3, -0.25) is 9.48 Å². The third kappa shape index (κ3) is 3.04. The van der Waals surface area contributed by atoms with Crippen molar-refractivity contribution in [2.24, 2.45) is 7.05 Å². The number of aromatic nitrogens is 2. The summed E-state index contributed by atoms with van der Waals surface area (Å²) in [6.45, 7) is 0.417. The number of nitrogens with one attached hydrogen (secondary N) is 1. The van der Waals surface area contributed by atoms with Crippen molar-refractivity contribution in [2.75, 3.05) is 12.8 Å². The van der Waals surface area contributed by atoms with Crippen molar-refractivity contribution in [1.82, 2.24) is 15.1 Å². The molecule has 0 bridgehead atoms. The molecule has 0 aliphatic carbocycles. The Morgan fingerprint density at radius 2 is 2.32 bits per heavy atom. The number of ether oxygens (including phenoxy) is 1. The summed E-state index contributed by atoms with van der Waals surface area (Å²) in [6.07, 6.45) is 3.56. The summed E-state index contributed by atoms with van der Waals surface area (Å²) < 4.78 is 6.83. The standard InChI is InChI=1S/C13H16N4O2/c1-17-8-9(7-16-17)6-15-13(18)11-4-3-10(14)5-12(11)19-2/h3-5,7-8H,6,14H2,1-2H3,(H,15,18). The Balaban J connectivity index is 2.07. The third-order valence-electron chi connectivity index (χ3n) is 2.68. The van der Waals surface area contributed by atoms with Crippen LogP contribution in [0.1, 0.15) is 15.9 Å². The minimum absolute atomic E-state index is 0.208. The lowest BCUT2D eigenvalue weighted by atomic mass is 10.1. The van der Waals surface area contributed by atoms with Gasteiger partial charge in [0.25, 0.3) is 5.91 Å². The molecule has 2 aromatic rings. The van der Waals surface area contributed by atoms with Gasteiger partial charge in [-0.25, -0.2) is 0 Å². The number of rotatable bonds is 4. The number of benzene rings is 1. The molecule has 0 aliphatic rings. The van der Waals surface area contributed by atoms with Gasteiger partial charge in [0.1, 0.15) is 5.75 Å². The molecule has 1 aromatic carbocycles. The molecule has 0 saturated carbocycles. The van der Waals surface area contributed by atoms with Crippen molar-refractivity contribution >= 4 is 11.6 Å². The third-order valence-corrected chi connectivity index (χ3v) is 2.68. The number of carbonyl (C=O) groups excluding carboxylic acids is 1. The van der Waals surface area contributed by atoms with Crippen LogP contribution in [0.25, 0.3) is 0 Å². The minimum Gasteiger partial charge on any atom is -0.496 e. The maximum Gasteiger partial charge on any atom is 0.255 e. The van der Waals surface area contributed by atoms with Gasteiger partial charge >= 0.3 is 0 Å². The molecule has 0 atom stereocenters. The number of carbonyl (C=O) groups is 1. The Morgan fingerprint density at radius 3 is 2.95 bits per heavy atom. The maximum atomic E-state index is 12.1. The van der Waals surface area contributed by atoms with Crippen molar-refractivity contribution in [2.45, 2.75) is 6.54 Å². The van der Waals surface area contributed by atoms with Gasteiger partial charge in [-0.15, -0.1) is 0 Å². The van der Waals surface area contributed by atoms with Crippen LogP contribution in [0.2, 0.25) is 0 Å². The lowest BCUT2D eigenvalue weighted by molar-refractivity contribution is 0.0948. The Bertz CT molecular complexity index is 592. The molecule has 1 heterocycles.